The third-order valence-corrected chi connectivity index (χ3v) is 6.02. The van der Waals surface area contributed by atoms with Crippen molar-refractivity contribution in [2.45, 2.75) is 51.5 Å². The van der Waals surface area contributed by atoms with Crippen molar-refractivity contribution in [3.05, 3.63) is 35.4 Å². The lowest BCUT2D eigenvalue weighted by atomic mass is 10.0. The number of rotatable bonds is 8. The monoisotopic (exact) mass is 541 g/mol. The van der Waals surface area contributed by atoms with Crippen molar-refractivity contribution in [3.63, 3.8) is 0 Å². The summed E-state index contributed by atoms with van der Waals surface area (Å²) >= 11 is 0. The number of amides is 2. The van der Waals surface area contributed by atoms with E-state index in [0.717, 1.165) is 24.0 Å². The number of benzene rings is 1. The van der Waals surface area contributed by atoms with Crippen LogP contribution in [-0.4, -0.2) is 55.9 Å². The van der Waals surface area contributed by atoms with E-state index in [2.05, 4.69) is 20.9 Å². The first-order valence-corrected chi connectivity index (χ1v) is 11.2. The number of halogens is 1. The maximum absolute atomic E-state index is 12.5. The second-order valence-corrected chi connectivity index (χ2v) is 8.27. The van der Waals surface area contributed by atoms with Gasteiger partial charge in [0.25, 0.3) is 5.91 Å². The molecule has 2 fully saturated rings. The molecule has 1 aliphatic carbocycles. The average Bonchev–Trinajstić information content (AvgIpc) is 3.29. The summed E-state index contributed by atoms with van der Waals surface area (Å²) in [6, 6.07) is 7.54. The first-order chi connectivity index (χ1) is 14.7. The summed E-state index contributed by atoms with van der Waals surface area (Å²) in [4.78, 5) is 29.9. The van der Waals surface area contributed by atoms with Gasteiger partial charge in [-0.05, 0) is 30.0 Å². The highest BCUT2D eigenvalue weighted by atomic mass is 127. The highest BCUT2D eigenvalue weighted by molar-refractivity contribution is 14.0. The molecule has 1 saturated heterocycles. The Labute approximate surface area is 202 Å². The molecule has 31 heavy (non-hydrogen) atoms. The molecule has 3 rings (SSSR count). The Kier molecular flexibility index (Phi) is 11.1. The number of hydrogen-bond acceptors (Lipinski definition) is 3. The molecule has 2 aliphatic rings. The number of aliphatic imine (C=N–C) groups is 1. The van der Waals surface area contributed by atoms with Gasteiger partial charge in [-0.2, -0.15) is 0 Å². The highest BCUT2D eigenvalue weighted by Gasteiger charge is 2.22. The molecule has 0 bridgehead atoms. The molecule has 8 heteroatoms. The Balaban J connectivity index is 0.00000341. The van der Waals surface area contributed by atoms with Crippen molar-refractivity contribution < 1.29 is 9.59 Å². The molecule has 0 unspecified atom stereocenters. The number of hydrogen-bond donors (Lipinski definition) is 3. The van der Waals surface area contributed by atoms with E-state index in [1.165, 1.54) is 44.9 Å². The van der Waals surface area contributed by atoms with Crippen LogP contribution in [0.3, 0.4) is 0 Å². The lowest BCUT2D eigenvalue weighted by Crippen LogP contribution is -2.49. The van der Waals surface area contributed by atoms with E-state index in [9.17, 15) is 9.59 Å². The number of carbonyl (C=O) groups is 2. The van der Waals surface area contributed by atoms with Crippen LogP contribution in [-0.2, 0) is 11.3 Å². The Bertz CT molecular complexity index is 732. The molecule has 0 aromatic heterocycles. The van der Waals surface area contributed by atoms with Gasteiger partial charge in [-0.1, -0.05) is 50.7 Å². The minimum absolute atomic E-state index is 0. The summed E-state index contributed by atoms with van der Waals surface area (Å²) in [6.45, 7) is 2.77. The van der Waals surface area contributed by atoms with E-state index in [-0.39, 0.29) is 42.3 Å². The van der Waals surface area contributed by atoms with Gasteiger partial charge in [0.1, 0.15) is 0 Å². The van der Waals surface area contributed by atoms with Crippen LogP contribution in [0.5, 0.6) is 0 Å². The molecular weight excluding hydrogens is 505 g/mol. The predicted molar refractivity (Wildman–Crippen MR) is 135 cm³/mol. The van der Waals surface area contributed by atoms with Gasteiger partial charge in [-0.3, -0.25) is 14.6 Å². The third kappa shape index (κ3) is 8.31. The first-order valence-electron chi connectivity index (χ1n) is 11.2. The SMILES string of the molecule is CN=C(NCCCCC1CCCC1)NCc1ccc(C(=O)N2CCNC(=O)C2)cc1.I. The lowest BCUT2D eigenvalue weighted by molar-refractivity contribution is -0.123. The lowest BCUT2D eigenvalue weighted by Gasteiger charge is -2.26. The minimum atomic E-state index is -0.104. The second-order valence-electron chi connectivity index (χ2n) is 8.27. The Morgan fingerprint density at radius 1 is 1.16 bits per heavy atom. The van der Waals surface area contributed by atoms with Crippen LogP contribution in [0.25, 0.3) is 0 Å². The molecule has 1 aromatic carbocycles. The van der Waals surface area contributed by atoms with Crippen LogP contribution < -0.4 is 16.0 Å². The quantitative estimate of drug-likeness (QED) is 0.205. The number of nitrogens with one attached hydrogen (secondary N) is 3. The van der Waals surface area contributed by atoms with E-state index in [0.29, 0.717) is 25.2 Å². The third-order valence-electron chi connectivity index (χ3n) is 6.02. The first kappa shape index (κ1) is 25.4. The fourth-order valence-corrected chi connectivity index (χ4v) is 4.23. The molecule has 1 aromatic rings. The maximum atomic E-state index is 12.5. The van der Waals surface area contributed by atoms with Crippen LogP contribution in [0.15, 0.2) is 29.3 Å². The predicted octanol–water partition coefficient (Wildman–Crippen LogP) is 2.90. The topological polar surface area (TPSA) is 85.8 Å². The van der Waals surface area contributed by atoms with Gasteiger partial charge in [-0.15, -0.1) is 24.0 Å². The minimum Gasteiger partial charge on any atom is -0.356 e. The summed E-state index contributed by atoms with van der Waals surface area (Å²) in [7, 11) is 1.78. The van der Waals surface area contributed by atoms with Crippen molar-refractivity contribution in [2.75, 3.05) is 33.2 Å². The molecule has 7 nitrogen and oxygen atoms in total. The molecule has 0 atom stereocenters. The van der Waals surface area contributed by atoms with Gasteiger partial charge < -0.3 is 20.9 Å². The number of piperazine rings is 1. The van der Waals surface area contributed by atoms with E-state index in [1.54, 1.807) is 11.9 Å². The smallest absolute Gasteiger partial charge is 0.254 e. The normalized spacial score (nSPS) is 17.1. The van der Waals surface area contributed by atoms with E-state index < -0.39 is 0 Å². The molecule has 2 amide bonds. The largest absolute Gasteiger partial charge is 0.356 e. The molecule has 1 saturated carbocycles. The van der Waals surface area contributed by atoms with Gasteiger partial charge in [-0.25, -0.2) is 0 Å². The zero-order valence-electron chi connectivity index (χ0n) is 18.5. The molecule has 0 spiro atoms. The van der Waals surface area contributed by atoms with Gasteiger partial charge in [0, 0.05) is 38.8 Å². The van der Waals surface area contributed by atoms with Crippen molar-refractivity contribution >= 4 is 41.8 Å². The summed E-state index contributed by atoms with van der Waals surface area (Å²) < 4.78 is 0. The van der Waals surface area contributed by atoms with Gasteiger partial charge in [0.2, 0.25) is 5.91 Å². The summed E-state index contributed by atoms with van der Waals surface area (Å²) in [5.41, 5.74) is 1.69. The van der Waals surface area contributed by atoms with Crippen molar-refractivity contribution in [1.82, 2.24) is 20.9 Å². The van der Waals surface area contributed by atoms with Gasteiger partial charge in [0.15, 0.2) is 5.96 Å². The zero-order chi connectivity index (χ0) is 21.2. The standard InChI is InChI=1S/C23H35N5O2.HI/c1-24-23(26-13-5-4-8-18-6-2-3-7-18)27-16-19-9-11-20(12-10-19)22(30)28-15-14-25-21(29)17-28;/h9-12,18H,2-8,13-17H2,1H3,(H,25,29)(H2,24,26,27);1H. The molecule has 1 heterocycles. The van der Waals surface area contributed by atoms with Gasteiger partial charge in [0.05, 0.1) is 6.54 Å². The van der Waals surface area contributed by atoms with Crippen LogP contribution in [0.2, 0.25) is 0 Å². The summed E-state index contributed by atoms with van der Waals surface area (Å²) in [6.07, 6.45) is 9.50. The second kappa shape index (κ2) is 13.5. The van der Waals surface area contributed by atoms with E-state index >= 15 is 0 Å². The fourth-order valence-electron chi connectivity index (χ4n) is 4.23. The average molecular weight is 541 g/mol. The molecule has 1 aliphatic heterocycles. The summed E-state index contributed by atoms with van der Waals surface area (Å²) in [5, 5.41) is 9.44. The molecule has 3 N–H and O–H groups in total. The van der Waals surface area contributed by atoms with Crippen LogP contribution in [0.4, 0.5) is 0 Å². The highest BCUT2D eigenvalue weighted by Crippen LogP contribution is 2.28. The Morgan fingerprint density at radius 2 is 1.90 bits per heavy atom. The maximum Gasteiger partial charge on any atom is 0.254 e. The number of carbonyl (C=O) groups excluding carboxylic acids is 2. The summed E-state index contributed by atoms with van der Waals surface area (Å²) in [5.74, 6) is 1.56. The van der Waals surface area contributed by atoms with Crippen molar-refractivity contribution in [1.29, 1.82) is 0 Å². The molecule has 0 radical (unpaired) electrons. The van der Waals surface area contributed by atoms with Crippen LogP contribution in [0, 0.1) is 5.92 Å². The zero-order valence-corrected chi connectivity index (χ0v) is 20.8. The number of unbranched alkanes of at least 4 members (excludes halogenated alkanes) is 1. The van der Waals surface area contributed by atoms with Crippen LogP contribution >= 0.6 is 24.0 Å². The molecule has 172 valence electrons. The van der Waals surface area contributed by atoms with E-state index in [1.807, 2.05) is 24.3 Å². The van der Waals surface area contributed by atoms with Crippen LogP contribution in [0.1, 0.15) is 60.9 Å². The number of guanidine groups is 1. The van der Waals surface area contributed by atoms with E-state index in [4.69, 9.17) is 0 Å². The Hall–Kier alpha value is -1.84. The fraction of sp³-hybridized carbons (Fsp3) is 0.609. The number of nitrogens with zero attached hydrogens (tertiary/aromatic N) is 2. The van der Waals surface area contributed by atoms with Gasteiger partial charge >= 0.3 is 0 Å². The molecular formula is C23H36IN5O2. The Morgan fingerprint density at radius 3 is 2.58 bits per heavy atom. The van der Waals surface area contributed by atoms with Crippen molar-refractivity contribution in [2.24, 2.45) is 10.9 Å². The van der Waals surface area contributed by atoms with Crippen molar-refractivity contribution in [3.8, 4) is 0 Å².